The first-order valence-corrected chi connectivity index (χ1v) is 8.75. The quantitative estimate of drug-likeness (QED) is 0.232. The summed E-state index contributed by atoms with van der Waals surface area (Å²) in [6, 6.07) is 0. The van der Waals surface area contributed by atoms with Crippen molar-refractivity contribution in [1.29, 1.82) is 0 Å². The molecule has 0 amide bonds. The van der Waals surface area contributed by atoms with Crippen molar-refractivity contribution < 1.29 is 57.5 Å². The van der Waals surface area contributed by atoms with Gasteiger partial charge < -0.3 is 4.74 Å². The lowest BCUT2D eigenvalue weighted by Crippen LogP contribution is -2.61. The number of nitrogens with zero attached hydrogens (tertiary/aromatic N) is 1. The molecule has 0 aromatic rings. The van der Waals surface area contributed by atoms with Gasteiger partial charge in [0.05, 0.1) is 5.75 Å². The van der Waals surface area contributed by atoms with E-state index in [9.17, 15) is 52.7 Å². The molecule has 0 heterocycles. The first-order valence-electron chi connectivity index (χ1n) is 7.14. The van der Waals surface area contributed by atoms with Gasteiger partial charge in [-0.15, -0.1) is 0 Å². The van der Waals surface area contributed by atoms with Crippen molar-refractivity contribution in [1.82, 2.24) is 4.31 Å². The van der Waals surface area contributed by atoms with Gasteiger partial charge in [0.15, 0.2) is 6.23 Å². The monoisotopic (exact) mass is 453 g/mol. The van der Waals surface area contributed by atoms with E-state index in [-0.39, 0.29) is 9.88 Å². The van der Waals surface area contributed by atoms with Crippen molar-refractivity contribution in [3.8, 4) is 0 Å². The molecule has 0 aromatic carbocycles. The van der Waals surface area contributed by atoms with Crippen LogP contribution < -0.4 is 0 Å². The lowest BCUT2D eigenvalue weighted by atomic mass is 10.0. The van der Waals surface area contributed by atoms with Crippen molar-refractivity contribution in [2.75, 3.05) is 12.8 Å². The second kappa shape index (κ2) is 8.08. The molecule has 28 heavy (non-hydrogen) atoms. The highest BCUT2D eigenvalue weighted by atomic mass is 32.2. The molecule has 0 saturated heterocycles. The Hall–Kier alpha value is -1.51. The van der Waals surface area contributed by atoms with Crippen LogP contribution in [0.1, 0.15) is 20.3 Å². The minimum absolute atomic E-state index is 0.143. The third kappa shape index (κ3) is 5.30. The molecule has 0 aliphatic rings. The Morgan fingerprint density at radius 2 is 1.46 bits per heavy atom. The Kier molecular flexibility index (Phi) is 7.65. The van der Waals surface area contributed by atoms with Crippen molar-refractivity contribution >= 4 is 16.0 Å². The normalized spacial score (nSPS) is 15.5. The van der Waals surface area contributed by atoms with E-state index in [0.29, 0.717) is 7.05 Å². The van der Waals surface area contributed by atoms with Gasteiger partial charge in [-0.3, -0.25) is 0 Å². The fraction of sp³-hybridized carbons (Fsp3) is 0.769. The number of alkyl halides is 9. The van der Waals surface area contributed by atoms with Crippen LogP contribution in [0.4, 0.5) is 39.5 Å². The Morgan fingerprint density at radius 3 is 1.82 bits per heavy atom. The van der Waals surface area contributed by atoms with Crippen LogP contribution in [0, 0.1) is 0 Å². The summed E-state index contributed by atoms with van der Waals surface area (Å²) in [7, 11) is -4.23. The largest absolute Gasteiger partial charge is 0.460 e. The Labute approximate surface area is 154 Å². The van der Waals surface area contributed by atoms with E-state index in [1.807, 2.05) is 0 Å². The van der Waals surface area contributed by atoms with Crippen LogP contribution >= 0.6 is 0 Å². The maximum atomic E-state index is 13.4. The number of halogens is 9. The van der Waals surface area contributed by atoms with Crippen LogP contribution in [-0.4, -0.2) is 61.7 Å². The molecule has 0 aliphatic heterocycles. The molecule has 5 nitrogen and oxygen atoms in total. The second-order valence-corrected chi connectivity index (χ2v) is 7.87. The standard InChI is InChI=1S/C13H16F9NO4S/c1-7(2)9(24)27-8(3)23(4)28(25,26)6-5-10(14,15)11(16,17)12(18,19)13(20,21)22/h8H,1,5-6H2,2-4H3. The molecular weight excluding hydrogens is 437 g/mol. The summed E-state index contributed by atoms with van der Waals surface area (Å²) in [5.41, 5.74) is -0.168. The summed E-state index contributed by atoms with van der Waals surface area (Å²) in [4.78, 5) is 11.3. The SMILES string of the molecule is C=C(C)C(=O)OC(C)N(C)S(=O)(=O)CCC(F)(F)C(F)(F)C(F)(F)C(F)(F)F. The maximum Gasteiger partial charge on any atom is 0.460 e. The zero-order chi connectivity index (χ0) is 22.9. The molecule has 166 valence electrons. The highest BCUT2D eigenvalue weighted by Crippen LogP contribution is 2.54. The van der Waals surface area contributed by atoms with Crippen LogP contribution in [0.5, 0.6) is 0 Å². The minimum atomic E-state index is -7.11. The lowest BCUT2D eigenvalue weighted by Gasteiger charge is -2.34. The van der Waals surface area contributed by atoms with Gasteiger partial charge in [-0.25, -0.2) is 13.2 Å². The minimum Gasteiger partial charge on any atom is -0.442 e. The van der Waals surface area contributed by atoms with Crippen molar-refractivity contribution in [2.45, 2.75) is 50.4 Å². The van der Waals surface area contributed by atoms with Crippen molar-refractivity contribution in [3.63, 3.8) is 0 Å². The number of ether oxygens (including phenoxy) is 1. The van der Waals surface area contributed by atoms with Gasteiger partial charge in [-0.1, -0.05) is 6.58 Å². The zero-order valence-corrected chi connectivity index (χ0v) is 15.4. The first-order chi connectivity index (χ1) is 12.1. The van der Waals surface area contributed by atoms with Gasteiger partial charge >= 0.3 is 29.9 Å². The molecule has 1 unspecified atom stereocenters. The number of esters is 1. The average Bonchev–Trinajstić information content (AvgIpc) is 2.50. The number of hydrogen-bond acceptors (Lipinski definition) is 4. The van der Waals surface area contributed by atoms with Crippen LogP contribution in [0.2, 0.25) is 0 Å². The number of carbonyl (C=O) groups excluding carboxylic acids is 1. The molecule has 0 spiro atoms. The molecule has 0 saturated carbocycles. The molecule has 0 fully saturated rings. The highest BCUT2D eigenvalue weighted by molar-refractivity contribution is 7.89. The number of rotatable bonds is 9. The average molecular weight is 453 g/mol. The Balaban J connectivity index is 5.43. The predicted molar refractivity (Wildman–Crippen MR) is 77.4 cm³/mol. The third-order valence-corrected chi connectivity index (χ3v) is 5.36. The number of carbonyl (C=O) groups is 1. The summed E-state index contributed by atoms with van der Waals surface area (Å²) in [6.07, 6.45) is -11.2. The van der Waals surface area contributed by atoms with Gasteiger partial charge in [-0.05, 0) is 13.8 Å². The molecule has 0 aliphatic carbocycles. The molecule has 0 aromatic heterocycles. The van der Waals surface area contributed by atoms with Crippen molar-refractivity contribution in [3.05, 3.63) is 12.2 Å². The van der Waals surface area contributed by atoms with E-state index in [4.69, 9.17) is 0 Å². The third-order valence-electron chi connectivity index (χ3n) is 3.46. The van der Waals surface area contributed by atoms with E-state index in [0.717, 1.165) is 6.92 Å². The molecular formula is C13H16F9NO4S. The summed E-state index contributed by atoms with van der Waals surface area (Å²) < 4.78 is 143. The van der Waals surface area contributed by atoms with Crippen LogP contribution in [0.25, 0.3) is 0 Å². The fourth-order valence-electron chi connectivity index (χ4n) is 1.52. The topological polar surface area (TPSA) is 63.7 Å². The van der Waals surface area contributed by atoms with E-state index in [1.165, 1.54) is 6.92 Å². The lowest BCUT2D eigenvalue weighted by molar-refractivity contribution is -0.396. The summed E-state index contributed by atoms with van der Waals surface area (Å²) >= 11 is 0. The molecule has 0 rings (SSSR count). The van der Waals surface area contributed by atoms with Gasteiger partial charge in [0.25, 0.3) is 0 Å². The van der Waals surface area contributed by atoms with Crippen LogP contribution in [0.3, 0.4) is 0 Å². The van der Waals surface area contributed by atoms with E-state index in [2.05, 4.69) is 11.3 Å². The second-order valence-electron chi connectivity index (χ2n) is 5.72. The molecule has 0 bridgehead atoms. The Morgan fingerprint density at radius 1 is 1.04 bits per heavy atom. The first kappa shape index (κ1) is 26.5. The van der Waals surface area contributed by atoms with Gasteiger partial charge in [0.2, 0.25) is 10.0 Å². The van der Waals surface area contributed by atoms with E-state index in [1.54, 1.807) is 0 Å². The van der Waals surface area contributed by atoms with Gasteiger partial charge in [0, 0.05) is 19.0 Å². The smallest absolute Gasteiger partial charge is 0.442 e. The highest BCUT2D eigenvalue weighted by Gasteiger charge is 2.81. The summed E-state index contributed by atoms with van der Waals surface area (Å²) in [5, 5.41) is 0. The summed E-state index contributed by atoms with van der Waals surface area (Å²) in [6.45, 7) is 5.32. The number of sulfonamides is 1. The molecule has 1 atom stereocenters. The molecule has 0 radical (unpaired) electrons. The fourth-order valence-corrected chi connectivity index (χ4v) is 2.82. The molecule has 0 N–H and O–H groups in total. The zero-order valence-electron chi connectivity index (χ0n) is 14.6. The summed E-state index contributed by atoms with van der Waals surface area (Å²) in [5.74, 6) is -23.1. The van der Waals surface area contributed by atoms with Crippen molar-refractivity contribution in [2.24, 2.45) is 0 Å². The van der Waals surface area contributed by atoms with Crippen LogP contribution in [-0.2, 0) is 19.6 Å². The van der Waals surface area contributed by atoms with Gasteiger partial charge in [-0.2, -0.15) is 43.8 Å². The number of hydrogen-bond donors (Lipinski definition) is 0. The van der Waals surface area contributed by atoms with Crippen LogP contribution in [0.15, 0.2) is 12.2 Å². The maximum absolute atomic E-state index is 13.4. The Bertz CT molecular complexity index is 703. The predicted octanol–water partition coefficient (Wildman–Crippen LogP) is 3.57. The van der Waals surface area contributed by atoms with E-state index >= 15 is 0 Å². The van der Waals surface area contributed by atoms with Gasteiger partial charge in [0.1, 0.15) is 0 Å². The molecule has 15 heteroatoms. The van der Waals surface area contributed by atoms with E-state index < -0.39 is 58.3 Å².